The number of hydrogen-bond donors (Lipinski definition) is 1. The van der Waals surface area contributed by atoms with Gasteiger partial charge in [-0.2, -0.15) is 0 Å². The maximum absolute atomic E-state index is 5.66. The molecular formula is C16H20N2O2. The minimum atomic E-state index is 0.362. The van der Waals surface area contributed by atoms with Gasteiger partial charge in [-0.05, 0) is 36.4 Å². The molecule has 4 heteroatoms. The Balaban J connectivity index is 2.04. The average Bonchev–Trinajstić information content (AvgIpc) is 2.45. The van der Waals surface area contributed by atoms with Crippen molar-refractivity contribution in [3.05, 3.63) is 24.4 Å². The molecule has 0 fully saturated rings. The fraction of sp³-hybridized carbons (Fsp3) is 0.438. The molecule has 2 aromatic rings. The molecule has 0 spiro atoms. The van der Waals surface area contributed by atoms with Gasteiger partial charge < -0.3 is 14.8 Å². The molecule has 1 aromatic carbocycles. The average molecular weight is 272 g/mol. The Labute approximate surface area is 119 Å². The van der Waals surface area contributed by atoms with Crippen molar-refractivity contribution < 1.29 is 9.47 Å². The summed E-state index contributed by atoms with van der Waals surface area (Å²) in [5, 5.41) is 5.67. The van der Waals surface area contributed by atoms with Crippen LogP contribution in [0.2, 0.25) is 0 Å². The maximum Gasteiger partial charge on any atom is 0.162 e. The SMILES string of the molecule is CC(C)C(C)Nc1nccc2cc3c(cc12)OCCO3. The summed E-state index contributed by atoms with van der Waals surface area (Å²) in [6, 6.07) is 6.41. The van der Waals surface area contributed by atoms with Gasteiger partial charge in [0.15, 0.2) is 11.5 Å². The molecule has 0 radical (unpaired) electrons. The molecule has 1 N–H and O–H groups in total. The predicted molar refractivity (Wildman–Crippen MR) is 80.7 cm³/mol. The van der Waals surface area contributed by atoms with Gasteiger partial charge in [0, 0.05) is 17.6 Å². The Morgan fingerprint density at radius 1 is 1.10 bits per heavy atom. The number of ether oxygens (including phenoxy) is 2. The molecule has 0 bridgehead atoms. The maximum atomic E-state index is 5.66. The van der Waals surface area contributed by atoms with Gasteiger partial charge in [0.25, 0.3) is 0 Å². The Hall–Kier alpha value is -1.97. The van der Waals surface area contributed by atoms with Gasteiger partial charge in [-0.25, -0.2) is 4.98 Å². The van der Waals surface area contributed by atoms with Gasteiger partial charge >= 0.3 is 0 Å². The summed E-state index contributed by atoms with van der Waals surface area (Å²) in [5.74, 6) is 3.07. The van der Waals surface area contributed by atoms with Crippen LogP contribution < -0.4 is 14.8 Å². The van der Waals surface area contributed by atoms with Gasteiger partial charge in [0.1, 0.15) is 19.0 Å². The van der Waals surface area contributed by atoms with E-state index in [0.717, 1.165) is 28.1 Å². The highest BCUT2D eigenvalue weighted by molar-refractivity contribution is 5.94. The van der Waals surface area contributed by atoms with Crippen LogP contribution in [-0.4, -0.2) is 24.2 Å². The van der Waals surface area contributed by atoms with Crippen LogP contribution in [0.5, 0.6) is 11.5 Å². The van der Waals surface area contributed by atoms with Crippen molar-refractivity contribution in [1.29, 1.82) is 0 Å². The number of nitrogens with zero attached hydrogens (tertiary/aromatic N) is 1. The third kappa shape index (κ3) is 2.38. The smallest absolute Gasteiger partial charge is 0.162 e. The van der Waals surface area contributed by atoms with E-state index in [1.54, 1.807) is 0 Å². The lowest BCUT2D eigenvalue weighted by Crippen LogP contribution is -2.22. The van der Waals surface area contributed by atoms with E-state index in [1.807, 2.05) is 24.4 Å². The third-order valence-electron chi connectivity index (χ3n) is 3.79. The number of nitrogens with one attached hydrogen (secondary N) is 1. The standard InChI is InChI=1S/C16H20N2O2/c1-10(2)11(3)18-16-13-9-15-14(19-6-7-20-15)8-12(13)4-5-17-16/h4-5,8-11H,6-7H2,1-3H3,(H,17,18). The third-order valence-corrected chi connectivity index (χ3v) is 3.79. The molecule has 0 amide bonds. The molecule has 4 nitrogen and oxygen atoms in total. The topological polar surface area (TPSA) is 43.4 Å². The normalized spacial score (nSPS) is 15.4. The summed E-state index contributed by atoms with van der Waals surface area (Å²) in [5.41, 5.74) is 0. The zero-order valence-electron chi connectivity index (χ0n) is 12.1. The minimum absolute atomic E-state index is 0.362. The highest BCUT2D eigenvalue weighted by Crippen LogP contribution is 2.36. The van der Waals surface area contributed by atoms with E-state index in [0.29, 0.717) is 25.2 Å². The summed E-state index contributed by atoms with van der Waals surface area (Å²) in [6.45, 7) is 7.77. The molecule has 1 atom stereocenters. The Morgan fingerprint density at radius 2 is 1.80 bits per heavy atom. The lowest BCUT2D eigenvalue weighted by Gasteiger charge is -2.21. The first kappa shape index (κ1) is 13.0. The molecule has 106 valence electrons. The second-order valence-corrected chi connectivity index (χ2v) is 5.55. The van der Waals surface area contributed by atoms with Gasteiger partial charge in [0.2, 0.25) is 0 Å². The van der Waals surface area contributed by atoms with Crippen molar-refractivity contribution in [2.45, 2.75) is 26.8 Å². The number of aromatic nitrogens is 1. The van der Waals surface area contributed by atoms with Gasteiger partial charge in [-0.3, -0.25) is 0 Å². The van der Waals surface area contributed by atoms with Crippen molar-refractivity contribution in [1.82, 2.24) is 4.98 Å². The highest BCUT2D eigenvalue weighted by Gasteiger charge is 2.15. The highest BCUT2D eigenvalue weighted by atomic mass is 16.6. The van der Waals surface area contributed by atoms with Crippen molar-refractivity contribution in [2.75, 3.05) is 18.5 Å². The number of fused-ring (bicyclic) bond motifs is 2. The molecule has 3 rings (SSSR count). The first-order chi connectivity index (χ1) is 9.65. The zero-order chi connectivity index (χ0) is 14.1. The Bertz CT molecular complexity index is 625. The minimum Gasteiger partial charge on any atom is -0.486 e. The summed E-state index contributed by atoms with van der Waals surface area (Å²) in [7, 11) is 0. The van der Waals surface area contributed by atoms with E-state index < -0.39 is 0 Å². The van der Waals surface area contributed by atoms with Crippen LogP contribution >= 0.6 is 0 Å². The molecule has 0 aliphatic carbocycles. The number of anilines is 1. The van der Waals surface area contributed by atoms with Crippen LogP contribution in [0.15, 0.2) is 24.4 Å². The van der Waals surface area contributed by atoms with E-state index >= 15 is 0 Å². The van der Waals surface area contributed by atoms with Crippen LogP contribution in [0, 0.1) is 5.92 Å². The molecule has 1 aliphatic rings. The monoisotopic (exact) mass is 272 g/mol. The number of benzene rings is 1. The van der Waals surface area contributed by atoms with Gasteiger partial charge in [-0.1, -0.05) is 13.8 Å². The van der Waals surface area contributed by atoms with E-state index in [-0.39, 0.29) is 0 Å². The molecule has 1 aliphatic heterocycles. The number of hydrogen-bond acceptors (Lipinski definition) is 4. The molecule has 1 aromatic heterocycles. The van der Waals surface area contributed by atoms with Crippen LogP contribution in [-0.2, 0) is 0 Å². The lowest BCUT2D eigenvalue weighted by molar-refractivity contribution is 0.172. The molecule has 2 heterocycles. The Kier molecular flexibility index (Phi) is 3.38. The summed E-state index contributed by atoms with van der Waals surface area (Å²) in [4.78, 5) is 4.47. The molecule has 1 unspecified atom stereocenters. The summed E-state index contributed by atoms with van der Waals surface area (Å²) >= 11 is 0. The van der Waals surface area contributed by atoms with Crippen LogP contribution in [0.3, 0.4) is 0 Å². The quantitative estimate of drug-likeness (QED) is 0.929. The van der Waals surface area contributed by atoms with Crippen molar-refractivity contribution in [3.63, 3.8) is 0 Å². The number of rotatable bonds is 3. The predicted octanol–water partition coefficient (Wildman–Crippen LogP) is 3.46. The second kappa shape index (κ2) is 5.19. The van der Waals surface area contributed by atoms with Crippen molar-refractivity contribution in [2.24, 2.45) is 5.92 Å². The van der Waals surface area contributed by atoms with E-state index in [1.165, 1.54) is 0 Å². The summed E-state index contributed by atoms with van der Waals surface area (Å²) < 4.78 is 11.3. The van der Waals surface area contributed by atoms with Crippen LogP contribution in [0.4, 0.5) is 5.82 Å². The number of pyridine rings is 1. The van der Waals surface area contributed by atoms with E-state index in [9.17, 15) is 0 Å². The first-order valence-electron chi connectivity index (χ1n) is 7.10. The fourth-order valence-corrected chi connectivity index (χ4v) is 2.21. The molecule has 0 saturated carbocycles. The zero-order valence-corrected chi connectivity index (χ0v) is 12.1. The van der Waals surface area contributed by atoms with Gasteiger partial charge in [0.05, 0.1) is 0 Å². The molecule has 0 saturated heterocycles. The van der Waals surface area contributed by atoms with Crippen molar-refractivity contribution in [3.8, 4) is 11.5 Å². The van der Waals surface area contributed by atoms with E-state index in [4.69, 9.17) is 9.47 Å². The molecular weight excluding hydrogens is 252 g/mol. The fourth-order valence-electron chi connectivity index (χ4n) is 2.21. The first-order valence-corrected chi connectivity index (χ1v) is 7.10. The lowest BCUT2D eigenvalue weighted by atomic mass is 10.1. The largest absolute Gasteiger partial charge is 0.486 e. The summed E-state index contributed by atoms with van der Waals surface area (Å²) in [6.07, 6.45) is 1.83. The van der Waals surface area contributed by atoms with Crippen LogP contribution in [0.1, 0.15) is 20.8 Å². The van der Waals surface area contributed by atoms with Crippen LogP contribution in [0.25, 0.3) is 10.8 Å². The molecule has 20 heavy (non-hydrogen) atoms. The second-order valence-electron chi connectivity index (χ2n) is 5.55. The Morgan fingerprint density at radius 3 is 2.50 bits per heavy atom. The van der Waals surface area contributed by atoms with Gasteiger partial charge in [-0.15, -0.1) is 0 Å². The van der Waals surface area contributed by atoms with Crippen molar-refractivity contribution >= 4 is 16.6 Å². The van der Waals surface area contributed by atoms with E-state index in [2.05, 4.69) is 31.1 Å².